The smallest absolute Gasteiger partial charge is 0.0440 e. The monoisotopic (exact) mass is 554 g/mol. The molecule has 2 aromatic heterocycles. The lowest BCUT2D eigenvalue weighted by atomic mass is 9.92. The van der Waals surface area contributed by atoms with Crippen LogP contribution in [0.4, 0.5) is 0 Å². The van der Waals surface area contributed by atoms with Gasteiger partial charge in [-0.05, 0) is 91.7 Å². The van der Waals surface area contributed by atoms with Crippen LogP contribution < -0.4 is 0 Å². The summed E-state index contributed by atoms with van der Waals surface area (Å²) in [7, 11) is 0. The Labute approximate surface area is 244 Å². The SMILES string of the molecule is c1ccc2c(c1)ccc1sc3ccc(-c4ccc5c(c4)-c4c(c6ccccc6c6sc7ccccc7c46)C5)cc3c12. The summed E-state index contributed by atoms with van der Waals surface area (Å²) in [4.78, 5) is 0. The predicted molar refractivity (Wildman–Crippen MR) is 181 cm³/mol. The minimum absolute atomic E-state index is 0.992. The third-order valence-corrected chi connectivity index (χ3v) is 11.4. The molecule has 0 bridgehead atoms. The lowest BCUT2D eigenvalue weighted by Gasteiger charge is -2.11. The number of hydrogen-bond donors (Lipinski definition) is 0. The Bertz CT molecular complexity index is 2560. The Morgan fingerprint density at radius 2 is 1.17 bits per heavy atom. The topological polar surface area (TPSA) is 0 Å². The molecule has 0 unspecified atom stereocenters. The van der Waals surface area contributed by atoms with E-state index in [-0.39, 0.29) is 0 Å². The maximum atomic E-state index is 2.47. The molecule has 9 aromatic rings. The van der Waals surface area contributed by atoms with Crippen LogP contribution in [0.3, 0.4) is 0 Å². The molecule has 10 rings (SSSR count). The van der Waals surface area contributed by atoms with E-state index >= 15 is 0 Å². The van der Waals surface area contributed by atoms with E-state index in [2.05, 4.69) is 121 Å². The maximum Gasteiger partial charge on any atom is 0.0440 e. The summed E-state index contributed by atoms with van der Waals surface area (Å²) < 4.78 is 5.49. The largest absolute Gasteiger partial charge is 0.135 e. The molecule has 0 N–H and O–H groups in total. The molecule has 2 heterocycles. The fourth-order valence-corrected chi connectivity index (χ4v) is 9.60. The molecule has 0 nitrogen and oxygen atoms in total. The molecule has 0 aliphatic heterocycles. The first-order valence-corrected chi connectivity index (χ1v) is 15.8. The fraction of sp³-hybridized carbons (Fsp3) is 0.0256. The van der Waals surface area contributed by atoms with Gasteiger partial charge in [0.1, 0.15) is 0 Å². The summed E-state index contributed by atoms with van der Waals surface area (Å²) in [5, 5.41) is 11.0. The molecule has 1 aliphatic rings. The number of rotatable bonds is 1. The molecule has 0 saturated carbocycles. The minimum atomic E-state index is 0.992. The molecule has 7 aromatic carbocycles. The highest BCUT2D eigenvalue weighted by atomic mass is 32.1. The zero-order valence-electron chi connectivity index (χ0n) is 22.1. The van der Waals surface area contributed by atoms with E-state index in [0.717, 1.165) is 6.42 Å². The highest BCUT2D eigenvalue weighted by Gasteiger charge is 2.26. The summed E-state index contributed by atoms with van der Waals surface area (Å²) in [6.07, 6.45) is 0.992. The summed E-state index contributed by atoms with van der Waals surface area (Å²) in [5.74, 6) is 0. The molecular formula is C39H22S2. The molecule has 0 amide bonds. The van der Waals surface area contributed by atoms with E-state index in [1.807, 2.05) is 22.7 Å². The second-order valence-corrected chi connectivity index (χ2v) is 13.4. The second-order valence-electron chi connectivity index (χ2n) is 11.2. The van der Waals surface area contributed by atoms with Crippen LogP contribution in [0.2, 0.25) is 0 Å². The maximum absolute atomic E-state index is 2.47. The van der Waals surface area contributed by atoms with Gasteiger partial charge in [0.2, 0.25) is 0 Å². The van der Waals surface area contributed by atoms with Gasteiger partial charge in [-0.1, -0.05) is 91.0 Å². The van der Waals surface area contributed by atoms with Crippen LogP contribution >= 0.6 is 22.7 Å². The molecule has 0 fully saturated rings. The molecule has 0 atom stereocenters. The molecule has 1 aliphatic carbocycles. The summed E-state index contributed by atoms with van der Waals surface area (Å²) in [5.41, 5.74) is 8.34. The van der Waals surface area contributed by atoms with Crippen LogP contribution in [-0.2, 0) is 6.42 Å². The van der Waals surface area contributed by atoms with Gasteiger partial charge in [0.05, 0.1) is 0 Å². The van der Waals surface area contributed by atoms with Crippen LogP contribution in [0.1, 0.15) is 11.1 Å². The predicted octanol–water partition coefficient (Wildman–Crippen LogP) is 12.0. The van der Waals surface area contributed by atoms with Crippen molar-refractivity contribution in [3.8, 4) is 22.3 Å². The van der Waals surface area contributed by atoms with Gasteiger partial charge >= 0.3 is 0 Å². The zero-order valence-corrected chi connectivity index (χ0v) is 23.7. The van der Waals surface area contributed by atoms with E-state index < -0.39 is 0 Å². The van der Waals surface area contributed by atoms with Crippen molar-refractivity contribution in [2.45, 2.75) is 6.42 Å². The van der Waals surface area contributed by atoms with E-state index in [0.29, 0.717) is 0 Å². The molecule has 0 saturated heterocycles. The van der Waals surface area contributed by atoms with Crippen LogP contribution in [0.15, 0.2) is 121 Å². The number of fused-ring (bicyclic) bond motifs is 15. The van der Waals surface area contributed by atoms with Gasteiger partial charge in [-0.3, -0.25) is 0 Å². The summed E-state index contributed by atoms with van der Waals surface area (Å²) in [6.45, 7) is 0. The van der Waals surface area contributed by atoms with Gasteiger partial charge in [-0.25, -0.2) is 0 Å². The lowest BCUT2D eigenvalue weighted by Crippen LogP contribution is -1.85. The average molecular weight is 555 g/mol. The highest BCUT2D eigenvalue weighted by molar-refractivity contribution is 7.27. The van der Waals surface area contributed by atoms with Crippen molar-refractivity contribution < 1.29 is 0 Å². The standard InChI is InChI=1S/C39H22S2/c1-2-8-26-22(7-1)15-18-35-36(26)32-20-24(16-17-34(32)40-35)23-13-14-25-21-31-27-9-3-4-10-28(27)39-38(37(31)30(25)19-23)29-11-5-6-12-33(29)41-39/h1-20H,21H2. The fourth-order valence-electron chi connectivity index (χ4n) is 7.25. The normalized spacial score (nSPS) is 12.8. The van der Waals surface area contributed by atoms with Gasteiger partial charge in [0, 0.05) is 40.3 Å². The number of benzene rings is 7. The number of hydrogen-bond acceptors (Lipinski definition) is 2. The van der Waals surface area contributed by atoms with Crippen molar-refractivity contribution in [3.63, 3.8) is 0 Å². The summed E-state index contributed by atoms with van der Waals surface area (Å²) in [6, 6.07) is 45.5. The van der Waals surface area contributed by atoms with Crippen LogP contribution in [0.5, 0.6) is 0 Å². The minimum Gasteiger partial charge on any atom is -0.135 e. The first kappa shape index (κ1) is 22.2. The van der Waals surface area contributed by atoms with Crippen LogP contribution in [-0.4, -0.2) is 0 Å². The quantitative estimate of drug-likeness (QED) is 0.189. The van der Waals surface area contributed by atoms with Gasteiger partial charge in [0.15, 0.2) is 0 Å². The van der Waals surface area contributed by atoms with Crippen molar-refractivity contribution in [2.75, 3.05) is 0 Å². The van der Waals surface area contributed by atoms with Crippen molar-refractivity contribution >= 4 is 84.6 Å². The van der Waals surface area contributed by atoms with E-state index in [1.54, 1.807) is 0 Å². The zero-order chi connectivity index (χ0) is 26.7. The lowest BCUT2D eigenvalue weighted by molar-refractivity contribution is 1.29. The molecule has 190 valence electrons. The second kappa shape index (κ2) is 8.04. The first-order chi connectivity index (χ1) is 20.3. The first-order valence-electron chi connectivity index (χ1n) is 14.1. The Morgan fingerprint density at radius 3 is 2.10 bits per heavy atom. The Kier molecular flexibility index (Phi) is 4.36. The molecule has 2 heteroatoms. The van der Waals surface area contributed by atoms with Crippen molar-refractivity contribution in [3.05, 3.63) is 132 Å². The van der Waals surface area contributed by atoms with Gasteiger partial charge in [-0.2, -0.15) is 0 Å². The van der Waals surface area contributed by atoms with Gasteiger partial charge in [-0.15, -0.1) is 22.7 Å². The Morgan fingerprint density at radius 1 is 0.463 bits per heavy atom. The van der Waals surface area contributed by atoms with Gasteiger partial charge in [0.25, 0.3) is 0 Å². The van der Waals surface area contributed by atoms with Crippen LogP contribution in [0, 0.1) is 0 Å². The molecule has 0 spiro atoms. The van der Waals surface area contributed by atoms with Crippen LogP contribution in [0.25, 0.3) is 84.1 Å². The number of thiophene rings is 2. The van der Waals surface area contributed by atoms with E-state index in [1.165, 1.54) is 95.3 Å². The molecular weight excluding hydrogens is 533 g/mol. The summed E-state index contributed by atoms with van der Waals surface area (Å²) >= 11 is 3.83. The average Bonchev–Trinajstić information content (AvgIpc) is 3.72. The van der Waals surface area contributed by atoms with Crippen molar-refractivity contribution in [2.24, 2.45) is 0 Å². The molecule has 41 heavy (non-hydrogen) atoms. The third kappa shape index (κ3) is 2.99. The van der Waals surface area contributed by atoms with Gasteiger partial charge < -0.3 is 0 Å². The molecule has 0 radical (unpaired) electrons. The third-order valence-electron chi connectivity index (χ3n) is 9.08. The van der Waals surface area contributed by atoms with Crippen molar-refractivity contribution in [1.29, 1.82) is 0 Å². The highest BCUT2D eigenvalue weighted by Crippen LogP contribution is 2.51. The van der Waals surface area contributed by atoms with Crippen molar-refractivity contribution in [1.82, 2.24) is 0 Å². The van der Waals surface area contributed by atoms with E-state index in [4.69, 9.17) is 0 Å². The van der Waals surface area contributed by atoms with E-state index in [9.17, 15) is 0 Å². The Balaban J connectivity index is 1.25. The Hall–Kier alpha value is -4.50.